The molecular weight excluding hydrogens is 203 g/mol. The Labute approximate surface area is 83.0 Å². The van der Waals surface area contributed by atoms with Gasteiger partial charge in [0.15, 0.2) is 0 Å². The SMILES string of the molecule is COc1ccc(C(C)(O)[P+](=O)[O-])cc1. The third kappa shape index (κ3) is 2.10. The molecule has 0 saturated carbocycles. The van der Waals surface area contributed by atoms with Gasteiger partial charge in [-0.1, -0.05) is 4.57 Å². The van der Waals surface area contributed by atoms with Gasteiger partial charge in [0.25, 0.3) is 5.34 Å². The second-order valence-electron chi connectivity index (χ2n) is 3.01. The summed E-state index contributed by atoms with van der Waals surface area (Å²) in [6, 6.07) is 6.24. The predicted molar refractivity (Wildman–Crippen MR) is 50.2 cm³/mol. The standard InChI is InChI=1S/C9H11O4P/c1-9(10,14(11)12)7-3-5-8(13-2)6-4-7/h3-6,10H,1-2H3. The van der Waals surface area contributed by atoms with Crippen molar-refractivity contribution in [2.75, 3.05) is 7.11 Å². The Hall–Kier alpha value is -0.960. The van der Waals surface area contributed by atoms with Gasteiger partial charge in [0, 0.05) is 12.5 Å². The van der Waals surface area contributed by atoms with Gasteiger partial charge in [0.1, 0.15) is 5.75 Å². The second-order valence-corrected chi connectivity index (χ2v) is 4.39. The van der Waals surface area contributed by atoms with Crippen molar-refractivity contribution < 1.29 is 19.3 Å². The third-order valence-corrected chi connectivity index (χ3v) is 2.96. The lowest BCUT2D eigenvalue weighted by Gasteiger charge is -2.14. The highest BCUT2D eigenvalue weighted by molar-refractivity contribution is 7.37. The Morgan fingerprint density at radius 2 is 1.93 bits per heavy atom. The van der Waals surface area contributed by atoms with E-state index in [4.69, 9.17) is 4.74 Å². The maximum absolute atomic E-state index is 10.7. The van der Waals surface area contributed by atoms with Crippen LogP contribution in [0.1, 0.15) is 12.5 Å². The summed E-state index contributed by atoms with van der Waals surface area (Å²) in [5.41, 5.74) is 0.328. The Balaban J connectivity index is 3.02. The lowest BCUT2D eigenvalue weighted by Crippen LogP contribution is -2.20. The molecule has 0 saturated heterocycles. The summed E-state index contributed by atoms with van der Waals surface area (Å²) in [6.07, 6.45) is 0. The van der Waals surface area contributed by atoms with Crippen molar-refractivity contribution in [3.8, 4) is 5.75 Å². The molecule has 0 radical (unpaired) electrons. The van der Waals surface area contributed by atoms with E-state index in [0.717, 1.165) is 0 Å². The fourth-order valence-corrected chi connectivity index (χ4v) is 1.37. The molecule has 76 valence electrons. The van der Waals surface area contributed by atoms with Crippen LogP contribution in [0.5, 0.6) is 5.75 Å². The highest BCUT2D eigenvalue weighted by Gasteiger charge is 2.37. The molecule has 0 heterocycles. The summed E-state index contributed by atoms with van der Waals surface area (Å²) in [5.74, 6) is 0.616. The van der Waals surface area contributed by atoms with Crippen LogP contribution in [0.3, 0.4) is 0 Å². The van der Waals surface area contributed by atoms with Gasteiger partial charge in [-0.3, -0.25) is 0 Å². The fraction of sp³-hybridized carbons (Fsp3) is 0.333. The summed E-state index contributed by atoms with van der Waals surface area (Å²) < 4.78 is 15.6. The number of rotatable bonds is 3. The van der Waals surface area contributed by atoms with Crippen molar-refractivity contribution in [1.29, 1.82) is 0 Å². The summed E-state index contributed by atoms with van der Waals surface area (Å²) >= 11 is 0. The molecule has 5 heteroatoms. The summed E-state index contributed by atoms with van der Waals surface area (Å²) in [5, 5.41) is 7.77. The highest BCUT2D eigenvalue weighted by atomic mass is 31.1. The molecule has 1 aromatic rings. The van der Waals surface area contributed by atoms with Crippen LogP contribution in [0, 0.1) is 0 Å². The molecular formula is C9H11O4P. The topological polar surface area (TPSA) is 69.6 Å². The molecule has 0 spiro atoms. The van der Waals surface area contributed by atoms with Crippen molar-refractivity contribution in [3.05, 3.63) is 29.8 Å². The van der Waals surface area contributed by atoms with E-state index < -0.39 is 13.4 Å². The number of hydrogen-bond donors (Lipinski definition) is 1. The number of methoxy groups -OCH3 is 1. The van der Waals surface area contributed by atoms with E-state index in [2.05, 4.69) is 0 Å². The molecule has 1 rings (SSSR count). The molecule has 0 aliphatic carbocycles. The first kappa shape index (κ1) is 11.1. The smallest absolute Gasteiger partial charge is 0.349 e. The molecule has 4 nitrogen and oxygen atoms in total. The zero-order chi connectivity index (χ0) is 10.8. The van der Waals surface area contributed by atoms with E-state index in [1.807, 2.05) is 0 Å². The highest BCUT2D eigenvalue weighted by Crippen LogP contribution is 2.38. The van der Waals surface area contributed by atoms with Gasteiger partial charge in [-0.25, -0.2) is 0 Å². The second kappa shape index (κ2) is 4.05. The van der Waals surface area contributed by atoms with E-state index in [1.165, 1.54) is 26.2 Å². The molecule has 0 fully saturated rings. The van der Waals surface area contributed by atoms with Crippen LogP contribution in [-0.4, -0.2) is 12.2 Å². The van der Waals surface area contributed by atoms with Crippen molar-refractivity contribution >= 4 is 8.03 Å². The maximum Gasteiger partial charge on any atom is 0.349 e. The minimum atomic E-state index is -2.92. The summed E-state index contributed by atoms with van der Waals surface area (Å²) in [6.45, 7) is 1.24. The van der Waals surface area contributed by atoms with Gasteiger partial charge in [0.2, 0.25) is 0 Å². The Morgan fingerprint density at radius 3 is 2.29 bits per heavy atom. The normalized spacial score (nSPS) is 15.9. The van der Waals surface area contributed by atoms with Crippen LogP contribution in [0.2, 0.25) is 0 Å². The lowest BCUT2D eigenvalue weighted by molar-refractivity contribution is -0.179. The lowest BCUT2D eigenvalue weighted by atomic mass is 10.1. The molecule has 0 aliphatic heterocycles. The van der Waals surface area contributed by atoms with Crippen LogP contribution in [0.4, 0.5) is 0 Å². The number of ether oxygens (including phenoxy) is 1. The average molecular weight is 214 g/mol. The zero-order valence-electron chi connectivity index (χ0n) is 7.93. The van der Waals surface area contributed by atoms with Crippen LogP contribution in [0.15, 0.2) is 24.3 Å². The van der Waals surface area contributed by atoms with Gasteiger partial charge in [-0.2, -0.15) is 0 Å². The number of benzene rings is 1. The van der Waals surface area contributed by atoms with Gasteiger partial charge >= 0.3 is 8.03 Å². The average Bonchev–Trinajstić information content (AvgIpc) is 2.17. The first-order valence-corrected chi connectivity index (χ1v) is 5.17. The quantitative estimate of drug-likeness (QED) is 0.761. The van der Waals surface area contributed by atoms with Crippen molar-refractivity contribution in [2.24, 2.45) is 0 Å². The molecule has 2 unspecified atom stereocenters. The van der Waals surface area contributed by atoms with Crippen LogP contribution < -0.4 is 9.63 Å². The van der Waals surface area contributed by atoms with Gasteiger partial charge in [0.05, 0.1) is 7.11 Å². The number of hydrogen-bond acceptors (Lipinski definition) is 4. The molecule has 14 heavy (non-hydrogen) atoms. The van der Waals surface area contributed by atoms with E-state index in [-0.39, 0.29) is 0 Å². The third-order valence-electron chi connectivity index (χ3n) is 1.99. The first-order valence-electron chi connectivity index (χ1n) is 4.00. The molecule has 1 aromatic carbocycles. The van der Waals surface area contributed by atoms with Crippen molar-refractivity contribution in [2.45, 2.75) is 12.3 Å². The van der Waals surface area contributed by atoms with E-state index in [1.54, 1.807) is 12.1 Å². The van der Waals surface area contributed by atoms with E-state index >= 15 is 0 Å². The van der Waals surface area contributed by atoms with Crippen LogP contribution >= 0.6 is 8.03 Å². The van der Waals surface area contributed by atoms with Gasteiger partial charge in [-0.05, 0) is 24.3 Å². The van der Waals surface area contributed by atoms with E-state index in [0.29, 0.717) is 11.3 Å². The Kier molecular flexibility index (Phi) is 3.21. The molecule has 0 bridgehead atoms. The molecule has 2 atom stereocenters. The maximum atomic E-state index is 10.7. The van der Waals surface area contributed by atoms with Crippen LogP contribution in [-0.2, 0) is 9.91 Å². The van der Waals surface area contributed by atoms with Gasteiger partial charge in [-0.15, -0.1) is 0 Å². The number of aliphatic hydroxyl groups is 1. The van der Waals surface area contributed by atoms with E-state index in [9.17, 15) is 14.6 Å². The van der Waals surface area contributed by atoms with Crippen molar-refractivity contribution in [3.63, 3.8) is 0 Å². The first-order chi connectivity index (χ1) is 6.48. The van der Waals surface area contributed by atoms with Gasteiger partial charge < -0.3 is 14.7 Å². The van der Waals surface area contributed by atoms with Crippen molar-refractivity contribution in [1.82, 2.24) is 0 Å². The Bertz CT molecular complexity index is 331. The monoisotopic (exact) mass is 214 g/mol. The molecule has 1 N–H and O–H groups in total. The summed E-state index contributed by atoms with van der Waals surface area (Å²) in [7, 11) is -1.40. The zero-order valence-corrected chi connectivity index (χ0v) is 8.82. The predicted octanol–water partition coefficient (Wildman–Crippen LogP) is 0.963. The molecule has 0 amide bonds. The largest absolute Gasteiger partial charge is 0.593 e. The molecule has 0 aliphatic rings. The minimum absolute atomic E-state index is 0.328. The summed E-state index contributed by atoms with van der Waals surface area (Å²) in [4.78, 5) is 10.7. The molecule has 0 aromatic heterocycles. The minimum Gasteiger partial charge on any atom is -0.593 e. The van der Waals surface area contributed by atoms with Crippen LogP contribution in [0.25, 0.3) is 0 Å². The Morgan fingerprint density at radius 1 is 1.43 bits per heavy atom. The fourth-order valence-electron chi connectivity index (χ4n) is 1.01.